The lowest BCUT2D eigenvalue weighted by Crippen LogP contribution is -2.03. The SMILES string of the molecule is Cn1ccc(-n2nnnc2-c2cc(N)ccc2F)n1. The minimum Gasteiger partial charge on any atom is -0.399 e. The molecule has 0 radical (unpaired) electrons. The van der Waals surface area contributed by atoms with Crippen molar-refractivity contribution in [2.45, 2.75) is 0 Å². The van der Waals surface area contributed by atoms with Crippen molar-refractivity contribution >= 4 is 5.69 Å². The Morgan fingerprint density at radius 3 is 2.84 bits per heavy atom. The molecule has 0 amide bonds. The van der Waals surface area contributed by atoms with E-state index in [4.69, 9.17) is 5.73 Å². The molecule has 0 aliphatic heterocycles. The molecule has 0 bridgehead atoms. The highest BCUT2D eigenvalue weighted by molar-refractivity contribution is 5.62. The van der Waals surface area contributed by atoms with Gasteiger partial charge in [-0.2, -0.15) is 9.78 Å². The first-order valence-corrected chi connectivity index (χ1v) is 5.49. The van der Waals surface area contributed by atoms with Crippen molar-refractivity contribution in [3.8, 4) is 17.2 Å². The molecule has 0 fully saturated rings. The van der Waals surface area contributed by atoms with Gasteiger partial charge in [-0.15, -0.1) is 5.10 Å². The van der Waals surface area contributed by atoms with E-state index < -0.39 is 5.82 Å². The maximum Gasteiger partial charge on any atom is 0.191 e. The highest BCUT2D eigenvalue weighted by atomic mass is 19.1. The third kappa shape index (κ3) is 1.92. The van der Waals surface area contributed by atoms with Gasteiger partial charge < -0.3 is 5.73 Å². The van der Waals surface area contributed by atoms with Gasteiger partial charge in [0.05, 0.1) is 5.56 Å². The van der Waals surface area contributed by atoms with Gasteiger partial charge in [0.25, 0.3) is 0 Å². The third-order valence-electron chi connectivity index (χ3n) is 2.62. The second-order valence-corrected chi connectivity index (χ2v) is 4.00. The summed E-state index contributed by atoms with van der Waals surface area (Å²) in [6, 6.07) is 5.97. The molecule has 7 nitrogen and oxygen atoms in total. The Morgan fingerprint density at radius 2 is 2.11 bits per heavy atom. The van der Waals surface area contributed by atoms with Crippen LogP contribution >= 0.6 is 0 Å². The van der Waals surface area contributed by atoms with E-state index in [-0.39, 0.29) is 11.4 Å². The molecule has 2 heterocycles. The van der Waals surface area contributed by atoms with Gasteiger partial charge in [-0.3, -0.25) is 4.68 Å². The molecule has 0 spiro atoms. The highest BCUT2D eigenvalue weighted by Crippen LogP contribution is 2.23. The maximum atomic E-state index is 13.8. The predicted octanol–water partition coefficient (Wildman–Crippen LogP) is 0.784. The number of aryl methyl sites for hydroxylation is 1. The van der Waals surface area contributed by atoms with Crippen molar-refractivity contribution in [2.75, 3.05) is 5.73 Å². The quantitative estimate of drug-likeness (QED) is 0.687. The third-order valence-corrected chi connectivity index (χ3v) is 2.62. The number of nitrogens with zero attached hydrogens (tertiary/aromatic N) is 6. The second-order valence-electron chi connectivity index (χ2n) is 4.00. The zero-order valence-electron chi connectivity index (χ0n) is 10.0. The minimum absolute atomic E-state index is 0.232. The minimum atomic E-state index is -0.443. The molecule has 0 aliphatic rings. The van der Waals surface area contributed by atoms with Gasteiger partial charge in [0.1, 0.15) is 5.82 Å². The number of hydrogen-bond donors (Lipinski definition) is 1. The molecule has 0 saturated carbocycles. The summed E-state index contributed by atoms with van der Waals surface area (Å²) in [6.07, 6.45) is 1.75. The monoisotopic (exact) mass is 259 g/mol. The number of hydrogen-bond acceptors (Lipinski definition) is 5. The summed E-state index contributed by atoms with van der Waals surface area (Å²) in [5, 5.41) is 15.4. The molecular formula is C11H10FN7. The molecule has 2 aromatic heterocycles. The van der Waals surface area contributed by atoms with Gasteiger partial charge in [0, 0.05) is 25.0 Å². The van der Waals surface area contributed by atoms with Crippen LogP contribution in [0.25, 0.3) is 17.2 Å². The molecular weight excluding hydrogens is 249 g/mol. The zero-order chi connectivity index (χ0) is 13.4. The van der Waals surface area contributed by atoms with Crippen LogP contribution < -0.4 is 5.73 Å². The highest BCUT2D eigenvalue weighted by Gasteiger charge is 2.16. The van der Waals surface area contributed by atoms with Gasteiger partial charge in [-0.25, -0.2) is 4.39 Å². The lowest BCUT2D eigenvalue weighted by Gasteiger charge is -2.03. The summed E-state index contributed by atoms with van der Waals surface area (Å²) in [4.78, 5) is 0. The predicted molar refractivity (Wildman–Crippen MR) is 65.7 cm³/mol. The molecule has 96 valence electrons. The number of tetrazole rings is 1. The zero-order valence-corrected chi connectivity index (χ0v) is 10.0. The number of nitrogens with two attached hydrogens (primary N) is 1. The van der Waals surface area contributed by atoms with E-state index in [2.05, 4.69) is 20.6 Å². The summed E-state index contributed by atoms with van der Waals surface area (Å²) in [5.74, 6) is 0.314. The van der Waals surface area contributed by atoms with E-state index in [1.54, 1.807) is 24.0 Å². The fraction of sp³-hybridized carbons (Fsp3) is 0.0909. The molecule has 0 aliphatic carbocycles. The van der Waals surface area contributed by atoms with Crippen LogP contribution in [-0.4, -0.2) is 30.0 Å². The molecule has 19 heavy (non-hydrogen) atoms. The first-order valence-electron chi connectivity index (χ1n) is 5.49. The fourth-order valence-corrected chi connectivity index (χ4v) is 1.74. The van der Waals surface area contributed by atoms with E-state index in [9.17, 15) is 4.39 Å². The van der Waals surface area contributed by atoms with Crippen LogP contribution in [0.1, 0.15) is 0 Å². The van der Waals surface area contributed by atoms with Crippen LogP contribution in [0, 0.1) is 5.82 Å². The first kappa shape index (κ1) is 11.3. The van der Waals surface area contributed by atoms with Crippen molar-refractivity contribution in [1.82, 2.24) is 30.0 Å². The number of benzene rings is 1. The van der Waals surface area contributed by atoms with E-state index in [0.29, 0.717) is 11.5 Å². The van der Waals surface area contributed by atoms with E-state index >= 15 is 0 Å². The average Bonchev–Trinajstić information content (AvgIpc) is 3.00. The second kappa shape index (κ2) is 4.16. The Kier molecular flexibility index (Phi) is 2.48. The molecule has 8 heteroatoms. The number of aromatic nitrogens is 6. The summed E-state index contributed by atoms with van der Waals surface area (Å²) in [5.41, 5.74) is 6.33. The van der Waals surface area contributed by atoms with Crippen LogP contribution in [0.5, 0.6) is 0 Å². The van der Waals surface area contributed by atoms with Crippen molar-refractivity contribution in [1.29, 1.82) is 0 Å². The van der Waals surface area contributed by atoms with Crippen molar-refractivity contribution < 1.29 is 4.39 Å². The number of anilines is 1. The van der Waals surface area contributed by atoms with E-state index in [0.717, 1.165) is 0 Å². The maximum absolute atomic E-state index is 13.8. The van der Waals surface area contributed by atoms with Gasteiger partial charge in [0.15, 0.2) is 11.6 Å². The molecule has 0 atom stereocenters. The van der Waals surface area contributed by atoms with Gasteiger partial charge in [-0.05, 0) is 28.6 Å². The summed E-state index contributed by atoms with van der Waals surface area (Å²) < 4.78 is 16.8. The number of rotatable bonds is 2. The topological polar surface area (TPSA) is 87.4 Å². The Labute approximate surface area is 107 Å². The Hall–Kier alpha value is -2.77. The molecule has 2 N–H and O–H groups in total. The van der Waals surface area contributed by atoms with Crippen molar-refractivity contribution in [3.63, 3.8) is 0 Å². The molecule has 0 saturated heterocycles. The lowest BCUT2D eigenvalue weighted by molar-refractivity contribution is 0.628. The van der Waals surface area contributed by atoms with Gasteiger partial charge in [-0.1, -0.05) is 0 Å². The summed E-state index contributed by atoms with van der Waals surface area (Å²) in [6.45, 7) is 0. The summed E-state index contributed by atoms with van der Waals surface area (Å²) >= 11 is 0. The van der Waals surface area contributed by atoms with Crippen molar-refractivity contribution in [3.05, 3.63) is 36.3 Å². The Bertz CT molecular complexity index is 730. The normalized spacial score (nSPS) is 10.8. The number of nitrogen functional groups attached to an aromatic ring is 1. The Balaban J connectivity index is 2.17. The standard InChI is InChI=1S/C11H10FN7/c1-18-5-4-10(15-18)19-11(14-16-17-19)8-6-7(13)2-3-9(8)12/h2-6H,13H2,1H3. The van der Waals surface area contributed by atoms with Crippen LogP contribution in [0.15, 0.2) is 30.5 Å². The fourth-order valence-electron chi connectivity index (χ4n) is 1.74. The summed E-state index contributed by atoms with van der Waals surface area (Å²) in [7, 11) is 1.77. The molecule has 3 aromatic rings. The van der Waals surface area contributed by atoms with Crippen LogP contribution in [0.3, 0.4) is 0 Å². The van der Waals surface area contributed by atoms with Gasteiger partial charge in [0.2, 0.25) is 0 Å². The van der Waals surface area contributed by atoms with Crippen LogP contribution in [0.4, 0.5) is 10.1 Å². The number of halogens is 1. The molecule has 1 aromatic carbocycles. The Morgan fingerprint density at radius 1 is 1.26 bits per heavy atom. The van der Waals surface area contributed by atoms with E-state index in [1.807, 2.05) is 0 Å². The van der Waals surface area contributed by atoms with Crippen LogP contribution in [0.2, 0.25) is 0 Å². The molecule has 0 unspecified atom stereocenters. The van der Waals surface area contributed by atoms with Gasteiger partial charge >= 0.3 is 0 Å². The smallest absolute Gasteiger partial charge is 0.191 e. The first-order chi connectivity index (χ1) is 9.15. The van der Waals surface area contributed by atoms with Crippen molar-refractivity contribution in [2.24, 2.45) is 7.05 Å². The van der Waals surface area contributed by atoms with E-state index in [1.165, 1.54) is 22.9 Å². The lowest BCUT2D eigenvalue weighted by atomic mass is 10.2. The average molecular weight is 259 g/mol. The molecule has 3 rings (SSSR count). The van der Waals surface area contributed by atoms with Crippen LogP contribution in [-0.2, 0) is 7.05 Å². The largest absolute Gasteiger partial charge is 0.399 e.